The van der Waals surface area contributed by atoms with Crippen LogP contribution in [0.15, 0.2) is 24.3 Å². The van der Waals surface area contributed by atoms with Gasteiger partial charge >= 0.3 is 0 Å². The lowest BCUT2D eigenvalue weighted by Crippen LogP contribution is -2.47. The summed E-state index contributed by atoms with van der Waals surface area (Å²) in [5.74, 6) is 0. The van der Waals surface area contributed by atoms with Gasteiger partial charge in [0.1, 0.15) is 0 Å². The van der Waals surface area contributed by atoms with Crippen LogP contribution < -0.4 is 5.32 Å². The molecule has 1 aliphatic heterocycles. The first kappa shape index (κ1) is 13.6. The van der Waals surface area contributed by atoms with E-state index in [1.54, 1.807) is 0 Å². The second-order valence-corrected chi connectivity index (χ2v) is 5.61. The summed E-state index contributed by atoms with van der Waals surface area (Å²) in [6, 6.07) is 9.15. The number of piperidine rings is 1. The molecule has 18 heavy (non-hydrogen) atoms. The molecule has 0 aliphatic carbocycles. The van der Waals surface area contributed by atoms with E-state index in [1.165, 1.54) is 43.6 Å². The van der Waals surface area contributed by atoms with Gasteiger partial charge in [-0.15, -0.1) is 0 Å². The average Bonchev–Trinajstić information content (AvgIpc) is 2.40. The molecule has 0 saturated carbocycles. The third kappa shape index (κ3) is 2.76. The Labute approximate surface area is 111 Å². The molecule has 0 aromatic heterocycles. The number of nitrogens with one attached hydrogen (secondary N) is 1. The Hall–Kier alpha value is -0.860. The van der Waals surface area contributed by atoms with Crippen molar-refractivity contribution >= 4 is 0 Å². The zero-order valence-corrected chi connectivity index (χ0v) is 12.0. The zero-order valence-electron chi connectivity index (χ0n) is 12.0. The summed E-state index contributed by atoms with van der Waals surface area (Å²) in [6.45, 7) is 9.15. The summed E-state index contributed by atoms with van der Waals surface area (Å²) >= 11 is 0. The van der Waals surface area contributed by atoms with Crippen LogP contribution in [0.2, 0.25) is 0 Å². The highest BCUT2D eigenvalue weighted by molar-refractivity contribution is 5.30. The molecule has 2 heteroatoms. The normalized spacial score (nSPS) is 19.9. The molecule has 1 aromatic rings. The number of nitrogens with zero attached hydrogens (tertiary/aromatic N) is 1. The standard InChI is InChI=1S/C16H26N2/c1-4-18-11-9-16(10-12-18,13-17-3)15-7-5-14(2)6-8-15/h5-8,17H,4,9-13H2,1-3H3. The Morgan fingerprint density at radius 3 is 2.28 bits per heavy atom. The molecule has 1 aromatic carbocycles. The molecule has 0 bridgehead atoms. The lowest BCUT2D eigenvalue weighted by atomic mass is 9.72. The van der Waals surface area contributed by atoms with Crippen LogP contribution >= 0.6 is 0 Å². The first-order chi connectivity index (χ1) is 8.70. The molecule has 0 unspecified atom stereocenters. The number of likely N-dealkylation sites (tertiary alicyclic amines) is 1. The van der Waals surface area contributed by atoms with Gasteiger partial charge in [0.15, 0.2) is 0 Å². The number of likely N-dealkylation sites (N-methyl/N-ethyl adjacent to an activating group) is 1. The predicted octanol–water partition coefficient (Wildman–Crippen LogP) is 2.57. The zero-order chi connectivity index (χ0) is 13.0. The van der Waals surface area contributed by atoms with E-state index < -0.39 is 0 Å². The predicted molar refractivity (Wildman–Crippen MR) is 78.1 cm³/mol. The van der Waals surface area contributed by atoms with Gasteiger partial charge in [-0.25, -0.2) is 0 Å². The van der Waals surface area contributed by atoms with Gasteiger partial charge in [0.25, 0.3) is 0 Å². The summed E-state index contributed by atoms with van der Waals surface area (Å²) in [5, 5.41) is 3.41. The maximum Gasteiger partial charge on any atom is 0.0102 e. The van der Waals surface area contributed by atoms with E-state index in [-0.39, 0.29) is 0 Å². The van der Waals surface area contributed by atoms with Crippen LogP contribution in [0.3, 0.4) is 0 Å². The third-order valence-corrected chi connectivity index (χ3v) is 4.44. The van der Waals surface area contributed by atoms with Crippen molar-refractivity contribution in [3.63, 3.8) is 0 Å². The molecular formula is C16H26N2. The van der Waals surface area contributed by atoms with Crippen molar-refractivity contribution in [2.24, 2.45) is 0 Å². The Balaban J connectivity index is 2.19. The summed E-state index contributed by atoms with van der Waals surface area (Å²) in [4.78, 5) is 2.56. The molecule has 0 atom stereocenters. The van der Waals surface area contributed by atoms with E-state index in [0.29, 0.717) is 5.41 Å². The minimum Gasteiger partial charge on any atom is -0.319 e. The van der Waals surface area contributed by atoms with Crippen LogP contribution in [0.25, 0.3) is 0 Å². The molecular weight excluding hydrogens is 220 g/mol. The quantitative estimate of drug-likeness (QED) is 0.878. The maximum absolute atomic E-state index is 3.41. The fraction of sp³-hybridized carbons (Fsp3) is 0.625. The molecule has 1 fully saturated rings. The topological polar surface area (TPSA) is 15.3 Å². The van der Waals surface area contributed by atoms with Gasteiger partial charge in [0.05, 0.1) is 0 Å². The van der Waals surface area contributed by atoms with Crippen LogP contribution in [0.5, 0.6) is 0 Å². The van der Waals surface area contributed by atoms with E-state index in [9.17, 15) is 0 Å². The Kier molecular flexibility index (Phi) is 4.41. The van der Waals surface area contributed by atoms with Gasteiger partial charge in [-0.2, -0.15) is 0 Å². The lowest BCUT2D eigenvalue weighted by Gasteiger charge is -2.42. The molecule has 1 saturated heterocycles. The van der Waals surface area contributed by atoms with Gasteiger partial charge < -0.3 is 10.2 Å². The van der Waals surface area contributed by atoms with Crippen molar-refractivity contribution in [1.29, 1.82) is 0 Å². The van der Waals surface area contributed by atoms with E-state index in [4.69, 9.17) is 0 Å². The number of rotatable bonds is 4. The molecule has 2 rings (SSSR count). The van der Waals surface area contributed by atoms with E-state index in [2.05, 4.69) is 55.4 Å². The first-order valence-corrected chi connectivity index (χ1v) is 7.14. The highest BCUT2D eigenvalue weighted by atomic mass is 15.1. The van der Waals surface area contributed by atoms with Gasteiger partial charge in [-0.05, 0) is 52.0 Å². The molecule has 2 nitrogen and oxygen atoms in total. The fourth-order valence-electron chi connectivity index (χ4n) is 3.11. The van der Waals surface area contributed by atoms with Gasteiger partial charge in [0.2, 0.25) is 0 Å². The highest BCUT2D eigenvalue weighted by Crippen LogP contribution is 2.35. The van der Waals surface area contributed by atoms with Gasteiger partial charge in [-0.3, -0.25) is 0 Å². The minimum atomic E-state index is 0.341. The van der Waals surface area contributed by atoms with Crippen LogP contribution in [-0.2, 0) is 5.41 Å². The molecule has 0 radical (unpaired) electrons. The minimum absolute atomic E-state index is 0.341. The molecule has 1 heterocycles. The van der Waals surface area contributed by atoms with Crippen molar-refractivity contribution in [3.8, 4) is 0 Å². The number of benzene rings is 1. The summed E-state index contributed by atoms with van der Waals surface area (Å²) < 4.78 is 0. The number of aryl methyl sites for hydroxylation is 1. The monoisotopic (exact) mass is 246 g/mol. The summed E-state index contributed by atoms with van der Waals surface area (Å²) in [5.41, 5.74) is 3.20. The van der Waals surface area contributed by atoms with E-state index >= 15 is 0 Å². The maximum atomic E-state index is 3.41. The van der Waals surface area contributed by atoms with Crippen molar-refractivity contribution < 1.29 is 0 Å². The Morgan fingerprint density at radius 1 is 1.17 bits per heavy atom. The second kappa shape index (κ2) is 5.85. The van der Waals surface area contributed by atoms with Crippen LogP contribution in [0, 0.1) is 6.92 Å². The van der Waals surface area contributed by atoms with Crippen LogP contribution in [-0.4, -0.2) is 38.1 Å². The van der Waals surface area contributed by atoms with E-state index in [0.717, 1.165) is 6.54 Å². The lowest BCUT2D eigenvalue weighted by molar-refractivity contribution is 0.164. The Morgan fingerprint density at radius 2 is 1.78 bits per heavy atom. The van der Waals surface area contributed by atoms with Crippen LogP contribution in [0.4, 0.5) is 0 Å². The Bertz CT molecular complexity index is 361. The largest absolute Gasteiger partial charge is 0.319 e. The second-order valence-electron chi connectivity index (χ2n) is 5.61. The molecule has 100 valence electrons. The van der Waals surface area contributed by atoms with Gasteiger partial charge in [-0.1, -0.05) is 36.8 Å². The number of hydrogen-bond donors (Lipinski definition) is 1. The molecule has 0 spiro atoms. The summed E-state index contributed by atoms with van der Waals surface area (Å²) in [6.07, 6.45) is 2.54. The van der Waals surface area contributed by atoms with Crippen molar-refractivity contribution in [2.75, 3.05) is 33.2 Å². The highest BCUT2D eigenvalue weighted by Gasteiger charge is 2.35. The van der Waals surface area contributed by atoms with Crippen molar-refractivity contribution in [3.05, 3.63) is 35.4 Å². The number of hydrogen-bond acceptors (Lipinski definition) is 2. The van der Waals surface area contributed by atoms with Crippen LogP contribution in [0.1, 0.15) is 30.9 Å². The fourth-order valence-corrected chi connectivity index (χ4v) is 3.11. The molecule has 0 amide bonds. The average molecular weight is 246 g/mol. The molecule has 1 N–H and O–H groups in total. The molecule has 1 aliphatic rings. The van der Waals surface area contributed by atoms with Crippen molar-refractivity contribution in [2.45, 2.75) is 32.1 Å². The van der Waals surface area contributed by atoms with Gasteiger partial charge in [0, 0.05) is 12.0 Å². The smallest absolute Gasteiger partial charge is 0.0102 e. The van der Waals surface area contributed by atoms with E-state index in [1.807, 2.05) is 0 Å². The third-order valence-electron chi connectivity index (χ3n) is 4.44. The summed E-state index contributed by atoms with van der Waals surface area (Å²) in [7, 11) is 2.07. The van der Waals surface area contributed by atoms with Crippen molar-refractivity contribution in [1.82, 2.24) is 10.2 Å². The first-order valence-electron chi connectivity index (χ1n) is 7.14. The SMILES string of the molecule is CCN1CCC(CNC)(c2ccc(C)cc2)CC1.